The first-order valence-corrected chi connectivity index (χ1v) is 5.15. The molecule has 0 aromatic heterocycles. The van der Waals surface area contributed by atoms with E-state index in [2.05, 4.69) is 0 Å². The highest BCUT2D eigenvalue weighted by Gasteiger charge is 2.51. The number of aliphatic hydroxyl groups excluding tert-OH is 1. The minimum absolute atomic E-state index is 0.0474. The van der Waals surface area contributed by atoms with Crippen molar-refractivity contribution in [2.24, 2.45) is 0 Å². The third-order valence-corrected chi connectivity index (χ3v) is 2.73. The number of ether oxygens (including phenoxy) is 2. The second-order valence-corrected chi connectivity index (χ2v) is 4.08. The summed E-state index contributed by atoms with van der Waals surface area (Å²) in [7, 11) is 0. The number of benzene rings is 1. The fourth-order valence-electron chi connectivity index (χ4n) is 1.50. The summed E-state index contributed by atoms with van der Waals surface area (Å²) in [6.45, 7) is 3.10. The van der Waals surface area contributed by atoms with Gasteiger partial charge >= 0.3 is 0 Å². The van der Waals surface area contributed by atoms with Crippen LogP contribution in [0.1, 0.15) is 12.5 Å². The molecule has 3 nitrogen and oxygen atoms in total. The molecule has 1 aromatic rings. The van der Waals surface area contributed by atoms with Crippen LogP contribution in [0.25, 0.3) is 0 Å². The standard InChI is InChI=1S/C12H16O3/c1-12(9-13)11(15-12)8-14-7-10-5-3-2-4-6-10/h2-6,11,13H,7-9H2,1H3/t11-,12+/m0/s1. The zero-order valence-corrected chi connectivity index (χ0v) is 8.85. The second-order valence-electron chi connectivity index (χ2n) is 4.08. The minimum atomic E-state index is -0.364. The molecule has 1 aliphatic rings. The van der Waals surface area contributed by atoms with Gasteiger partial charge in [-0.2, -0.15) is 0 Å². The zero-order valence-electron chi connectivity index (χ0n) is 8.85. The molecule has 0 saturated carbocycles. The Morgan fingerprint density at radius 1 is 1.40 bits per heavy atom. The highest BCUT2D eigenvalue weighted by atomic mass is 16.6. The Hall–Kier alpha value is -0.900. The lowest BCUT2D eigenvalue weighted by atomic mass is 10.1. The van der Waals surface area contributed by atoms with Gasteiger partial charge in [-0.05, 0) is 12.5 Å². The van der Waals surface area contributed by atoms with Gasteiger partial charge in [-0.15, -0.1) is 0 Å². The third-order valence-electron chi connectivity index (χ3n) is 2.73. The molecule has 2 atom stereocenters. The minimum Gasteiger partial charge on any atom is -0.393 e. The molecule has 0 spiro atoms. The van der Waals surface area contributed by atoms with Gasteiger partial charge in [0, 0.05) is 0 Å². The van der Waals surface area contributed by atoms with E-state index in [1.165, 1.54) is 0 Å². The first-order valence-electron chi connectivity index (χ1n) is 5.15. The van der Waals surface area contributed by atoms with E-state index in [-0.39, 0.29) is 18.3 Å². The van der Waals surface area contributed by atoms with Crippen molar-refractivity contribution in [3.63, 3.8) is 0 Å². The fraction of sp³-hybridized carbons (Fsp3) is 0.500. The Morgan fingerprint density at radius 3 is 2.73 bits per heavy atom. The Balaban J connectivity index is 1.69. The molecule has 82 valence electrons. The molecule has 0 aliphatic carbocycles. The molecule has 0 bridgehead atoms. The van der Waals surface area contributed by atoms with Crippen molar-refractivity contribution >= 4 is 0 Å². The summed E-state index contributed by atoms with van der Waals surface area (Å²) in [5.41, 5.74) is 0.792. The highest BCUT2D eigenvalue weighted by molar-refractivity contribution is 5.13. The van der Waals surface area contributed by atoms with Gasteiger partial charge in [-0.1, -0.05) is 30.3 Å². The SMILES string of the molecule is C[C@]1(CO)O[C@H]1COCc1ccccc1. The van der Waals surface area contributed by atoms with Crippen LogP contribution in [0.2, 0.25) is 0 Å². The lowest BCUT2D eigenvalue weighted by Gasteiger charge is -2.03. The van der Waals surface area contributed by atoms with Crippen molar-refractivity contribution in [1.82, 2.24) is 0 Å². The summed E-state index contributed by atoms with van der Waals surface area (Å²) in [4.78, 5) is 0. The molecule has 0 radical (unpaired) electrons. The second kappa shape index (κ2) is 4.31. The first-order chi connectivity index (χ1) is 7.24. The smallest absolute Gasteiger partial charge is 0.117 e. The van der Waals surface area contributed by atoms with Gasteiger partial charge in [-0.25, -0.2) is 0 Å². The number of hydrogen-bond donors (Lipinski definition) is 1. The Kier molecular flexibility index (Phi) is 3.05. The van der Waals surface area contributed by atoms with Crippen molar-refractivity contribution in [1.29, 1.82) is 0 Å². The molecule has 1 aliphatic heterocycles. The van der Waals surface area contributed by atoms with E-state index >= 15 is 0 Å². The largest absolute Gasteiger partial charge is 0.393 e. The van der Waals surface area contributed by atoms with Gasteiger partial charge < -0.3 is 14.6 Å². The lowest BCUT2D eigenvalue weighted by Crippen LogP contribution is -2.18. The van der Waals surface area contributed by atoms with Crippen LogP contribution in [0.3, 0.4) is 0 Å². The predicted octanol–water partition coefficient (Wildman–Crippen LogP) is 1.35. The summed E-state index contributed by atoms with van der Waals surface area (Å²) in [5, 5.41) is 8.97. The average molecular weight is 208 g/mol. The topological polar surface area (TPSA) is 42.0 Å². The van der Waals surface area contributed by atoms with Gasteiger partial charge in [0.05, 0.1) is 19.8 Å². The molecule has 1 heterocycles. The normalized spacial score (nSPS) is 29.1. The van der Waals surface area contributed by atoms with Gasteiger partial charge in [0.1, 0.15) is 11.7 Å². The predicted molar refractivity (Wildman–Crippen MR) is 56.5 cm³/mol. The van der Waals surface area contributed by atoms with Gasteiger partial charge in [0.25, 0.3) is 0 Å². The van der Waals surface area contributed by atoms with Gasteiger partial charge in [0.2, 0.25) is 0 Å². The highest BCUT2D eigenvalue weighted by Crippen LogP contribution is 2.35. The Bertz CT molecular complexity index is 312. The van der Waals surface area contributed by atoms with E-state index in [4.69, 9.17) is 14.6 Å². The van der Waals surface area contributed by atoms with E-state index in [1.54, 1.807) is 0 Å². The molecule has 0 unspecified atom stereocenters. The number of hydrogen-bond acceptors (Lipinski definition) is 3. The van der Waals surface area contributed by atoms with E-state index in [9.17, 15) is 0 Å². The maximum Gasteiger partial charge on any atom is 0.117 e. The Labute approximate surface area is 89.6 Å². The van der Waals surface area contributed by atoms with Crippen molar-refractivity contribution < 1.29 is 14.6 Å². The molecule has 1 saturated heterocycles. The van der Waals surface area contributed by atoms with Crippen molar-refractivity contribution in [2.45, 2.75) is 25.2 Å². The molecule has 15 heavy (non-hydrogen) atoms. The Morgan fingerprint density at radius 2 is 2.13 bits per heavy atom. The summed E-state index contributed by atoms with van der Waals surface area (Å²) in [6, 6.07) is 10.0. The molecule has 3 heteroatoms. The molecule has 2 rings (SSSR count). The zero-order chi connectivity index (χ0) is 10.7. The maximum atomic E-state index is 8.97. The van der Waals surface area contributed by atoms with Crippen LogP contribution < -0.4 is 0 Å². The molecule has 0 amide bonds. The first kappa shape index (κ1) is 10.6. The molecule has 1 aromatic carbocycles. The number of epoxide rings is 1. The van der Waals surface area contributed by atoms with Crippen LogP contribution in [0.4, 0.5) is 0 Å². The lowest BCUT2D eigenvalue weighted by molar-refractivity contribution is 0.104. The summed E-state index contributed by atoms with van der Waals surface area (Å²) in [6.07, 6.45) is 0.0474. The molecular formula is C12H16O3. The van der Waals surface area contributed by atoms with Crippen LogP contribution in [0, 0.1) is 0 Å². The van der Waals surface area contributed by atoms with Crippen LogP contribution in [0.5, 0.6) is 0 Å². The van der Waals surface area contributed by atoms with Gasteiger partial charge in [-0.3, -0.25) is 0 Å². The van der Waals surface area contributed by atoms with Crippen molar-refractivity contribution in [2.75, 3.05) is 13.2 Å². The molecular weight excluding hydrogens is 192 g/mol. The monoisotopic (exact) mass is 208 g/mol. The summed E-state index contributed by atoms with van der Waals surface area (Å²) in [5.74, 6) is 0. The third kappa shape index (κ3) is 2.56. The van der Waals surface area contributed by atoms with Crippen LogP contribution in [-0.2, 0) is 16.1 Å². The van der Waals surface area contributed by atoms with Crippen LogP contribution in [-0.4, -0.2) is 30.0 Å². The van der Waals surface area contributed by atoms with Crippen LogP contribution >= 0.6 is 0 Å². The summed E-state index contributed by atoms with van der Waals surface area (Å²) >= 11 is 0. The van der Waals surface area contributed by atoms with E-state index in [1.807, 2.05) is 37.3 Å². The van der Waals surface area contributed by atoms with Crippen molar-refractivity contribution in [3.8, 4) is 0 Å². The summed E-state index contributed by atoms with van der Waals surface area (Å²) < 4.78 is 10.8. The van der Waals surface area contributed by atoms with Crippen molar-refractivity contribution in [3.05, 3.63) is 35.9 Å². The molecule has 1 fully saturated rings. The average Bonchev–Trinajstić information content (AvgIpc) is 2.92. The number of rotatable bonds is 5. The van der Waals surface area contributed by atoms with E-state index in [0.29, 0.717) is 13.2 Å². The van der Waals surface area contributed by atoms with Gasteiger partial charge in [0.15, 0.2) is 0 Å². The fourth-order valence-corrected chi connectivity index (χ4v) is 1.50. The van der Waals surface area contributed by atoms with E-state index < -0.39 is 0 Å². The maximum absolute atomic E-state index is 8.97. The van der Waals surface area contributed by atoms with E-state index in [0.717, 1.165) is 5.56 Å². The van der Waals surface area contributed by atoms with Crippen LogP contribution in [0.15, 0.2) is 30.3 Å². The molecule has 1 N–H and O–H groups in total. The quantitative estimate of drug-likeness (QED) is 0.743. The number of aliphatic hydroxyl groups is 1.